The summed E-state index contributed by atoms with van der Waals surface area (Å²) >= 11 is 0. The van der Waals surface area contributed by atoms with Crippen molar-refractivity contribution in [2.45, 2.75) is 26.4 Å². The number of methoxy groups -OCH3 is 1. The lowest BCUT2D eigenvalue weighted by Gasteiger charge is -2.13. The number of amides is 1. The van der Waals surface area contributed by atoms with Crippen LogP contribution in [-0.4, -0.2) is 35.4 Å². The fourth-order valence-corrected chi connectivity index (χ4v) is 3.00. The number of fused-ring (bicyclic) bond motifs is 1. The number of benzene rings is 2. The van der Waals surface area contributed by atoms with Crippen molar-refractivity contribution in [3.05, 3.63) is 70.1 Å². The molecule has 156 valence electrons. The molecule has 0 unspecified atom stereocenters. The number of ether oxygens (including phenoxy) is 2. The van der Waals surface area contributed by atoms with E-state index in [9.17, 15) is 14.4 Å². The van der Waals surface area contributed by atoms with Gasteiger partial charge in [0.25, 0.3) is 11.5 Å². The van der Waals surface area contributed by atoms with Gasteiger partial charge in [-0.1, -0.05) is 36.4 Å². The first-order valence-corrected chi connectivity index (χ1v) is 9.49. The van der Waals surface area contributed by atoms with E-state index in [1.165, 1.54) is 4.68 Å². The average molecular weight is 409 g/mol. The van der Waals surface area contributed by atoms with Crippen LogP contribution in [0, 0.1) is 0 Å². The predicted molar refractivity (Wildman–Crippen MR) is 112 cm³/mol. The van der Waals surface area contributed by atoms with Gasteiger partial charge in [0, 0.05) is 17.5 Å². The van der Waals surface area contributed by atoms with Crippen LogP contribution in [0.2, 0.25) is 0 Å². The van der Waals surface area contributed by atoms with Crippen LogP contribution in [0.25, 0.3) is 10.8 Å². The Morgan fingerprint density at radius 1 is 1.07 bits per heavy atom. The van der Waals surface area contributed by atoms with Gasteiger partial charge in [0.2, 0.25) is 0 Å². The van der Waals surface area contributed by atoms with E-state index in [2.05, 4.69) is 10.4 Å². The van der Waals surface area contributed by atoms with Gasteiger partial charge in [0.05, 0.1) is 18.5 Å². The highest BCUT2D eigenvalue weighted by atomic mass is 16.5. The van der Waals surface area contributed by atoms with E-state index < -0.39 is 18.5 Å². The maximum absolute atomic E-state index is 12.6. The van der Waals surface area contributed by atoms with Gasteiger partial charge in [-0.3, -0.25) is 9.59 Å². The highest BCUT2D eigenvalue weighted by Gasteiger charge is 2.20. The van der Waals surface area contributed by atoms with E-state index in [4.69, 9.17) is 9.47 Å². The smallest absolute Gasteiger partial charge is 0.359 e. The fourth-order valence-electron chi connectivity index (χ4n) is 3.00. The molecule has 0 bridgehead atoms. The number of nitrogens with one attached hydrogen (secondary N) is 1. The Kier molecular flexibility index (Phi) is 6.46. The zero-order valence-electron chi connectivity index (χ0n) is 17.0. The van der Waals surface area contributed by atoms with Crippen molar-refractivity contribution in [1.29, 1.82) is 0 Å². The molecular weight excluding hydrogens is 386 g/mol. The lowest BCUT2D eigenvalue weighted by molar-refractivity contribution is -0.124. The summed E-state index contributed by atoms with van der Waals surface area (Å²) in [6.45, 7) is 3.36. The first-order valence-electron chi connectivity index (χ1n) is 9.49. The van der Waals surface area contributed by atoms with Crippen LogP contribution in [0.15, 0.2) is 53.3 Å². The van der Waals surface area contributed by atoms with E-state index in [0.717, 1.165) is 5.56 Å². The molecule has 1 N–H and O–H groups in total. The molecule has 0 fully saturated rings. The summed E-state index contributed by atoms with van der Waals surface area (Å²) in [5, 5.41) is 7.62. The number of para-hydroxylation sites is 1. The molecule has 1 amide bonds. The molecule has 0 aliphatic rings. The monoisotopic (exact) mass is 409 g/mol. The van der Waals surface area contributed by atoms with Crippen molar-refractivity contribution in [1.82, 2.24) is 15.1 Å². The minimum atomic E-state index is -0.770. The van der Waals surface area contributed by atoms with Crippen LogP contribution < -0.4 is 15.6 Å². The van der Waals surface area contributed by atoms with E-state index in [1.807, 2.05) is 18.2 Å². The standard InChI is InChI=1S/C22H23N3O5/c1-14(2)25-21(27)17-10-6-5-9-16(17)20(24-25)22(28)30-13-19(26)23-12-15-8-4-7-11-18(15)29-3/h4-11,14H,12-13H2,1-3H3,(H,23,26). The summed E-state index contributed by atoms with van der Waals surface area (Å²) in [5.74, 6) is -0.579. The summed E-state index contributed by atoms with van der Waals surface area (Å²) in [6.07, 6.45) is 0. The van der Waals surface area contributed by atoms with Gasteiger partial charge >= 0.3 is 5.97 Å². The largest absolute Gasteiger partial charge is 0.496 e. The van der Waals surface area contributed by atoms with Crippen molar-refractivity contribution >= 4 is 22.6 Å². The van der Waals surface area contributed by atoms with Crippen molar-refractivity contribution in [2.24, 2.45) is 0 Å². The third kappa shape index (κ3) is 4.48. The number of aromatic nitrogens is 2. The molecule has 1 aromatic heterocycles. The predicted octanol–water partition coefficient (Wildman–Crippen LogP) is 2.46. The van der Waals surface area contributed by atoms with E-state index >= 15 is 0 Å². The Morgan fingerprint density at radius 2 is 1.73 bits per heavy atom. The molecule has 30 heavy (non-hydrogen) atoms. The molecule has 8 heteroatoms. The SMILES string of the molecule is COc1ccccc1CNC(=O)COC(=O)c1nn(C(C)C)c(=O)c2ccccc12. The normalized spacial score (nSPS) is 10.8. The van der Waals surface area contributed by atoms with Crippen molar-refractivity contribution in [3.63, 3.8) is 0 Å². The molecule has 0 saturated carbocycles. The maximum atomic E-state index is 12.6. The number of rotatable bonds is 7. The minimum Gasteiger partial charge on any atom is -0.496 e. The molecular formula is C22H23N3O5. The second kappa shape index (κ2) is 9.21. The molecule has 0 aliphatic carbocycles. The van der Waals surface area contributed by atoms with Gasteiger partial charge in [0.15, 0.2) is 12.3 Å². The Bertz CT molecular complexity index is 1140. The van der Waals surface area contributed by atoms with Crippen LogP contribution in [0.4, 0.5) is 0 Å². The summed E-state index contributed by atoms with van der Waals surface area (Å²) in [4.78, 5) is 37.3. The maximum Gasteiger partial charge on any atom is 0.359 e. The average Bonchev–Trinajstić information content (AvgIpc) is 2.76. The highest BCUT2D eigenvalue weighted by molar-refractivity contribution is 6.02. The summed E-state index contributed by atoms with van der Waals surface area (Å²) in [5.41, 5.74) is 0.513. The van der Waals surface area contributed by atoms with Gasteiger partial charge in [-0.2, -0.15) is 5.10 Å². The van der Waals surface area contributed by atoms with E-state index in [1.54, 1.807) is 51.3 Å². The van der Waals surface area contributed by atoms with Gasteiger partial charge in [-0.05, 0) is 26.0 Å². The lowest BCUT2D eigenvalue weighted by atomic mass is 10.1. The molecule has 0 atom stereocenters. The van der Waals surface area contributed by atoms with Crippen LogP contribution in [0.3, 0.4) is 0 Å². The molecule has 0 radical (unpaired) electrons. The molecule has 0 spiro atoms. The number of nitrogens with zero attached hydrogens (tertiary/aromatic N) is 2. The van der Waals surface area contributed by atoms with E-state index in [0.29, 0.717) is 16.5 Å². The number of hydrogen-bond acceptors (Lipinski definition) is 6. The Hall–Kier alpha value is -3.68. The number of esters is 1. The third-order valence-corrected chi connectivity index (χ3v) is 4.51. The minimum absolute atomic E-state index is 0.00331. The second-order valence-electron chi connectivity index (χ2n) is 6.90. The van der Waals surface area contributed by atoms with E-state index in [-0.39, 0.29) is 23.8 Å². The second-order valence-corrected chi connectivity index (χ2v) is 6.90. The van der Waals surface area contributed by atoms with Crippen LogP contribution in [0.1, 0.15) is 35.9 Å². The zero-order valence-corrected chi connectivity index (χ0v) is 17.0. The summed E-state index contributed by atoms with van der Waals surface area (Å²) in [6, 6.07) is 13.7. The number of hydrogen-bond donors (Lipinski definition) is 1. The molecule has 8 nitrogen and oxygen atoms in total. The quantitative estimate of drug-likeness (QED) is 0.602. The number of carbonyl (C=O) groups excluding carboxylic acids is 2. The first kappa shape index (κ1) is 21.0. The molecule has 1 heterocycles. The molecule has 2 aromatic carbocycles. The van der Waals surface area contributed by atoms with Crippen LogP contribution in [0.5, 0.6) is 5.75 Å². The molecule has 0 aliphatic heterocycles. The van der Waals surface area contributed by atoms with Crippen molar-refractivity contribution in [3.8, 4) is 5.75 Å². The lowest BCUT2D eigenvalue weighted by Crippen LogP contribution is -2.30. The van der Waals surface area contributed by atoms with Crippen LogP contribution >= 0.6 is 0 Å². The molecule has 3 rings (SSSR count). The van der Waals surface area contributed by atoms with Gasteiger partial charge in [-0.15, -0.1) is 0 Å². The molecule has 3 aromatic rings. The van der Waals surface area contributed by atoms with Gasteiger partial charge in [0.1, 0.15) is 5.75 Å². The zero-order chi connectivity index (χ0) is 21.7. The van der Waals surface area contributed by atoms with Crippen LogP contribution in [-0.2, 0) is 16.1 Å². The summed E-state index contributed by atoms with van der Waals surface area (Å²) < 4.78 is 11.6. The first-order chi connectivity index (χ1) is 14.4. The molecule has 0 saturated heterocycles. The summed E-state index contributed by atoms with van der Waals surface area (Å²) in [7, 11) is 1.55. The van der Waals surface area contributed by atoms with Gasteiger partial charge < -0.3 is 14.8 Å². The number of carbonyl (C=O) groups is 2. The van der Waals surface area contributed by atoms with Crippen molar-refractivity contribution in [2.75, 3.05) is 13.7 Å². The Morgan fingerprint density at radius 3 is 2.43 bits per heavy atom. The Labute approximate surface area is 173 Å². The van der Waals surface area contributed by atoms with Gasteiger partial charge in [-0.25, -0.2) is 9.48 Å². The highest BCUT2D eigenvalue weighted by Crippen LogP contribution is 2.17. The topological polar surface area (TPSA) is 99.5 Å². The van der Waals surface area contributed by atoms with Crippen molar-refractivity contribution < 1.29 is 19.1 Å². The third-order valence-electron chi connectivity index (χ3n) is 4.51. The fraction of sp³-hybridized carbons (Fsp3) is 0.273. The Balaban J connectivity index is 1.72.